The molecule has 0 fully saturated rings. The maximum atomic E-state index is 12.7. The maximum Gasteiger partial charge on any atom is 0.328 e. The van der Waals surface area contributed by atoms with Crippen molar-refractivity contribution < 1.29 is 14.3 Å². The second-order valence-corrected chi connectivity index (χ2v) is 6.51. The Balaban J connectivity index is 2.31. The summed E-state index contributed by atoms with van der Waals surface area (Å²) in [7, 11) is 1.30. The first-order valence-electron chi connectivity index (χ1n) is 7.34. The van der Waals surface area contributed by atoms with E-state index in [2.05, 4.69) is 36.8 Å². The van der Waals surface area contributed by atoms with E-state index >= 15 is 0 Å². The monoisotopic (exact) mass is 395 g/mol. The third kappa shape index (κ3) is 4.38. The van der Waals surface area contributed by atoms with Crippen LogP contribution in [-0.4, -0.2) is 45.2 Å². The molecule has 1 aromatic heterocycles. The number of rotatable bonds is 6. The molecule has 1 amide bonds. The highest BCUT2D eigenvalue weighted by Gasteiger charge is 2.25. The van der Waals surface area contributed by atoms with Gasteiger partial charge in [0.15, 0.2) is 0 Å². The molecule has 0 saturated heterocycles. The van der Waals surface area contributed by atoms with Crippen LogP contribution in [0.25, 0.3) is 5.69 Å². The molecular weight excluding hydrogens is 378 g/mol. The lowest BCUT2D eigenvalue weighted by Crippen LogP contribution is -2.42. The number of tetrazole rings is 1. The minimum absolute atomic E-state index is 0.218. The fourth-order valence-corrected chi connectivity index (χ4v) is 2.59. The number of benzene rings is 1. The lowest BCUT2D eigenvalue weighted by Gasteiger charge is -2.19. The minimum Gasteiger partial charge on any atom is -0.467 e. The van der Waals surface area contributed by atoms with Crippen molar-refractivity contribution in [1.29, 1.82) is 0 Å². The van der Waals surface area contributed by atoms with Gasteiger partial charge in [0, 0.05) is 4.47 Å². The Bertz CT molecular complexity index is 718. The largest absolute Gasteiger partial charge is 0.467 e. The van der Waals surface area contributed by atoms with E-state index in [9.17, 15) is 9.59 Å². The van der Waals surface area contributed by atoms with E-state index in [1.807, 2.05) is 13.8 Å². The minimum atomic E-state index is -0.719. The summed E-state index contributed by atoms with van der Waals surface area (Å²) < 4.78 is 6.89. The SMILES string of the molecule is COC(=O)C(CC(C)C)NC(=O)c1cc(Br)ccc1-n1cnnn1. The molecule has 0 saturated carbocycles. The summed E-state index contributed by atoms with van der Waals surface area (Å²) in [5, 5.41) is 13.7. The fraction of sp³-hybridized carbons (Fsp3) is 0.400. The Labute approximate surface area is 147 Å². The third-order valence-corrected chi connectivity index (χ3v) is 3.79. The molecule has 1 heterocycles. The molecule has 24 heavy (non-hydrogen) atoms. The van der Waals surface area contributed by atoms with Crippen molar-refractivity contribution in [1.82, 2.24) is 25.5 Å². The Morgan fingerprint density at radius 2 is 2.12 bits per heavy atom. The van der Waals surface area contributed by atoms with Crippen LogP contribution < -0.4 is 5.32 Å². The average molecular weight is 396 g/mol. The van der Waals surface area contributed by atoms with Crippen LogP contribution in [0.3, 0.4) is 0 Å². The number of carbonyl (C=O) groups excluding carboxylic acids is 2. The molecule has 2 rings (SSSR count). The molecule has 0 radical (unpaired) electrons. The molecule has 0 aliphatic heterocycles. The van der Waals surface area contributed by atoms with Crippen LogP contribution in [0.1, 0.15) is 30.6 Å². The topological polar surface area (TPSA) is 99.0 Å². The van der Waals surface area contributed by atoms with Crippen molar-refractivity contribution in [3.8, 4) is 5.69 Å². The van der Waals surface area contributed by atoms with E-state index in [0.717, 1.165) is 4.47 Å². The zero-order valence-corrected chi connectivity index (χ0v) is 15.1. The lowest BCUT2D eigenvalue weighted by atomic mass is 10.0. The van der Waals surface area contributed by atoms with Gasteiger partial charge in [0.2, 0.25) is 0 Å². The van der Waals surface area contributed by atoms with E-state index in [4.69, 9.17) is 4.74 Å². The lowest BCUT2D eigenvalue weighted by molar-refractivity contribution is -0.143. The molecule has 1 aromatic carbocycles. The van der Waals surface area contributed by atoms with Gasteiger partial charge in [-0.3, -0.25) is 4.79 Å². The van der Waals surface area contributed by atoms with Gasteiger partial charge in [-0.25, -0.2) is 4.79 Å². The van der Waals surface area contributed by atoms with Crippen LogP contribution in [0.5, 0.6) is 0 Å². The number of carbonyl (C=O) groups is 2. The van der Waals surface area contributed by atoms with Gasteiger partial charge in [-0.2, -0.15) is 4.68 Å². The van der Waals surface area contributed by atoms with Gasteiger partial charge in [0.25, 0.3) is 5.91 Å². The van der Waals surface area contributed by atoms with E-state index in [0.29, 0.717) is 17.7 Å². The number of hydrogen-bond acceptors (Lipinski definition) is 6. The van der Waals surface area contributed by atoms with Gasteiger partial charge in [-0.05, 0) is 41.0 Å². The predicted molar refractivity (Wildman–Crippen MR) is 89.6 cm³/mol. The third-order valence-electron chi connectivity index (χ3n) is 3.30. The Morgan fingerprint density at radius 1 is 1.38 bits per heavy atom. The first-order chi connectivity index (χ1) is 11.4. The second kappa shape index (κ2) is 8.00. The van der Waals surface area contributed by atoms with Crippen LogP contribution in [0, 0.1) is 5.92 Å². The van der Waals surface area contributed by atoms with E-state index in [-0.39, 0.29) is 5.92 Å². The van der Waals surface area contributed by atoms with E-state index < -0.39 is 17.9 Å². The highest BCUT2D eigenvalue weighted by molar-refractivity contribution is 9.10. The van der Waals surface area contributed by atoms with Gasteiger partial charge in [-0.15, -0.1) is 5.10 Å². The van der Waals surface area contributed by atoms with Gasteiger partial charge < -0.3 is 10.1 Å². The molecule has 9 heteroatoms. The number of halogens is 1. The van der Waals surface area contributed by atoms with Gasteiger partial charge in [-0.1, -0.05) is 29.8 Å². The molecule has 1 unspecified atom stereocenters. The average Bonchev–Trinajstić information content (AvgIpc) is 3.07. The van der Waals surface area contributed by atoms with Crippen molar-refractivity contribution in [2.45, 2.75) is 26.3 Å². The van der Waals surface area contributed by atoms with Crippen molar-refractivity contribution in [2.24, 2.45) is 5.92 Å². The Morgan fingerprint density at radius 3 is 2.71 bits per heavy atom. The van der Waals surface area contributed by atoms with Crippen LogP contribution >= 0.6 is 15.9 Å². The standard InChI is InChI=1S/C15H18BrN5O3/c1-9(2)6-12(15(23)24-3)18-14(22)11-7-10(16)4-5-13(11)21-8-17-19-20-21/h4-5,7-9,12H,6H2,1-3H3,(H,18,22). The molecule has 0 aliphatic rings. The van der Waals surface area contributed by atoms with Gasteiger partial charge >= 0.3 is 5.97 Å². The Kier molecular flexibility index (Phi) is 6.02. The van der Waals surface area contributed by atoms with Crippen molar-refractivity contribution in [3.05, 3.63) is 34.6 Å². The highest BCUT2D eigenvalue weighted by Crippen LogP contribution is 2.20. The molecular formula is C15H18BrN5O3. The summed E-state index contributed by atoms with van der Waals surface area (Å²) in [5.74, 6) is -0.662. The normalized spacial score (nSPS) is 12.0. The van der Waals surface area contributed by atoms with Gasteiger partial charge in [0.1, 0.15) is 12.4 Å². The number of amides is 1. The van der Waals surface area contributed by atoms with Crippen molar-refractivity contribution in [3.63, 3.8) is 0 Å². The van der Waals surface area contributed by atoms with Crippen molar-refractivity contribution in [2.75, 3.05) is 7.11 Å². The number of nitrogens with zero attached hydrogens (tertiary/aromatic N) is 4. The second-order valence-electron chi connectivity index (χ2n) is 5.59. The molecule has 8 nitrogen and oxygen atoms in total. The zero-order valence-electron chi connectivity index (χ0n) is 13.6. The fourth-order valence-electron chi connectivity index (χ4n) is 2.23. The zero-order chi connectivity index (χ0) is 17.7. The molecule has 2 aromatic rings. The van der Waals surface area contributed by atoms with Crippen LogP contribution in [0.15, 0.2) is 29.0 Å². The number of ether oxygens (including phenoxy) is 1. The number of esters is 1. The van der Waals surface area contributed by atoms with Crippen LogP contribution in [-0.2, 0) is 9.53 Å². The first kappa shape index (κ1) is 18.1. The summed E-state index contributed by atoms with van der Waals surface area (Å²) in [6.45, 7) is 3.93. The van der Waals surface area contributed by atoms with Crippen LogP contribution in [0.2, 0.25) is 0 Å². The number of methoxy groups -OCH3 is 1. The quantitative estimate of drug-likeness (QED) is 0.747. The molecule has 0 spiro atoms. The van der Waals surface area contributed by atoms with Crippen molar-refractivity contribution >= 4 is 27.8 Å². The molecule has 0 aliphatic carbocycles. The first-order valence-corrected chi connectivity index (χ1v) is 8.13. The highest BCUT2D eigenvalue weighted by atomic mass is 79.9. The number of hydrogen-bond donors (Lipinski definition) is 1. The molecule has 128 valence electrons. The van der Waals surface area contributed by atoms with Crippen LogP contribution in [0.4, 0.5) is 0 Å². The molecule has 0 bridgehead atoms. The van der Waals surface area contributed by atoms with E-state index in [1.165, 1.54) is 18.1 Å². The predicted octanol–water partition coefficient (Wildman–Crippen LogP) is 1.74. The van der Waals surface area contributed by atoms with E-state index in [1.54, 1.807) is 18.2 Å². The summed E-state index contributed by atoms with van der Waals surface area (Å²) in [5.41, 5.74) is 0.850. The number of aromatic nitrogens is 4. The summed E-state index contributed by atoms with van der Waals surface area (Å²) in [4.78, 5) is 24.6. The summed E-state index contributed by atoms with van der Waals surface area (Å²) in [6, 6.07) is 4.42. The molecule has 1 atom stereocenters. The summed E-state index contributed by atoms with van der Waals surface area (Å²) in [6.07, 6.45) is 1.87. The number of nitrogens with one attached hydrogen (secondary N) is 1. The smallest absolute Gasteiger partial charge is 0.328 e. The maximum absolute atomic E-state index is 12.7. The Hall–Kier alpha value is -2.29. The summed E-state index contributed by atoms with van der Waals surface area (Å²) >= 11 is 3.34. The van der Waals surface area contributed by atoms with Gasteiger partial charge in [0.05, 0.1) is 18.4 Å². The molecule has 1 N–H and O–H groups in total.